The number of allylic oxidation sites excluding steroid dienone is 1. The van der Waals surface area contributed by atoms with Crippen LogP contribution in [0.5, 0.6) is 5.75 Å². The van der Waals surface area contributed by atoms with Gasteiger partial charge in [-0.1, -0.05) is 48.9 Å². The zero-order valence-electron chi connectivity index (χ0n) is 20.1. The fourth-order valence-electron chi connectivity index (χ4n) is 4.71. The van der Waals surface area contributed by atoms with Gasteiger partial charge in [0.2, 0.25) is 0 Å². The van der Waals surface area contributed by atoms with Crippen LogP contribution in [-0.4, -0.2) is 27.6 Å². The van der Waals surface area contributed by atoms with E-state index in [4.69, 9.17) is 10.1 Å². The van der Waals surface area contributed by atoms with Gasteiger partial charge in [0.25, 0.3) is 0 Å². The molecule has 34 heavy (non-hydrogen) atoms. The average Bonchev–Trinajstić information content (AvgIpc) is 3.64. The number of ketones is 1. The predicted octanol–water partition coefficient (Wildman–Crippen LogP) is 6.39. The Kier molecular flexibility index (Phi) is 7.28. The van der Waals surface area contributed by atoms with Crippen molar-refractivity contribution in [3.8, 4) is 16.9 Å². The summed E-state index contributed by atoms with van der Waals surface area (Å²) in [5.41, 5.74) is 7.33. The molecule has 1 heterocycles. The van der Waals surface area contributed by atoms with Crippen LogP contribution < -0.4 is 0 Å². The topological polar surface area (TPSA) is 70.4 Å². The molecule has 0 unspecified atom stereocenters. The van der Waals surface area contributed by atoms with Crippen molar-refractivity contribution < 1.29 is 15.0 Å². The lowest BCUT2D eigenvalue weighted by molar-refractivity contribution is 0.0992. The highest BCUT2D eigenvalue weighted by Crippen LogP contribution is 2.52. The van der Waals surface area contributed by atoms with Crippen LogP contribution >= 0.6 is 0 Å². The SMILES string of the molecule is CCC1(c2ccc(C(=O)CC(C)=CCCO)cc2Cc2ccc(-c3cccc(O)c3)cn2)CC1. The van der Waals surface area contributed by atoms with E-state index in [0.29, 0.717) is 19.3 Å². The van der Waals surface area contributed by atoms with E-state index in [-0.39, 0.29) is 23.6 Å². The Hall–Kier alpha value is -3.24. The maximum Gasteiger partial charge on any atom is 0.166 e. The third-order valence-electron chi connectivity index (χ3n) is 6.97. The van der Waals surface area contributed by atoms with E-state index in [1.165, 1.54) is 24.0 Å². The summed E-state index contributed by atoms with van der Waals surface area (Å²) in [6.45, 7) is 4.28. The number of hydrogen-bond donors (Lipinski definition) is 2. The molecule has 2 N–H and O–H groups in total. The van der Waals surface area contributed by atoms with Gasteiger partial charge in [0, 0.05) is 42.5 Å². The van der Waals surface area contributed by atoms with Gasteiger partial charge in [-0.05, 0) is 79.0 Å². The second-order valence-electron chi connectivity index (χ2n) is 9.43. The Labute approximate surface area is 202 Å². The first-order valence-electron chi connectivity index (χ1n) is 12.1. The summed E-state index contributed by atoms with van der Waals surface area (Å²) in [5.74, 6) is 0.344. The van der Waals surface area contributed by atoms with Crippen molar-refractivity contribution in [1.29, 1.82) is 0 Å². The maximum atomic E-state index is 13.0. The van der Waals surface area contributed by atoms with Gasteiger partial charge in [-0.25, -0.2) is 0 Å². The molecule has 4 heteroatoms. The lowest BCUT2D eigenvalue weighted by Gasteiger charge is -2.19. The van der Waals surface area contributed by atoms with E-state index in [1.54, 1.807) is 12.1 Å². The Bertz CT molecular complexity index is 1190. The van der Waals surface area contributed by atoms with Gasteiger partial charge in [-0.15, -0.1) is 0 Å². The number of phenolic OH excluding ortho intramolecular Hbond substituents is 1. The molecule has 0 radical (unpaired) electrons. The lowest BCUT2D eigenvalue weighted by atomic mass is 9.85. The van der Waals surface area contributed by atoms with Crippen molar-refractivity contribution in [3.63, 3.8) is 0 Å². The van der Waals surface area contributed by atoms with Gasteiger partial charge in [0.05, 0.1) is 0 Å². The number of rotatable bonds is 10. The zero-order chi connectivity index (χ0) is 24.1. The number of nitrogens with zero attached hydrogens (tertiary/aromatic N) is 1. The van der Waals surface area contributed by atoms with E-state index < -0.39 is 0 Å². The zero-order valence-corrected chi connectivity index (χ0v) is 20.1. The fourth-order valence-corrected chi connectivity index (χ4v) is 4.71. The number of aliphatic hydroxyl groups excluding tert-OH is 1. The number of aromatic nitrogens is 1. The van der Waals surface area contributed by atoms with Gasteiger partial charge < -0.3 is 10.2 Å². The Morgan fingerprint density at radius 1 is 1.09 bits per heavy atom. The second-order valence-corrected chi connectivity index (χ2v) is 9.43. The number of hydrogen-bond acceptors (Lipinski definition) is 4. The van der Waals surface area contributed by atoms with Crippen LogP contribution in [0.2, 0.25) is 0 Å². The van der Waals surface area contributed by atoms with Gasteiger partial charge in [-0.2, -0.15) is 0 Å². The summed E-state index contributed by atoms with van der Waals surface area (Å²) in [6.07, 6.45) is 8.88. The molecule has 4 nitrogen and oxygen atoms in total. The minimum Gasteiger partial charge on any atom is -0.508 e. The number of carbonyl (C=O) groups excluding carboxylic acids is 1. The predicted molar refractivity (Wildman–Crippen MR) is 136 cm³/mol. The first-order chi connectivity index (χ1) is 16.4. The highest BCUT2D eigenvalue weighted by molar-refractivity contribution is 5.97. The van der Waals surface area contributed by atoms with Crippen molar-refractivity contribution in [3.05, 3.63) is 94.8 Å². The third-order valence-corrected chi connectivity index (χ3v) is 6.97. The number of carbonyl (C=O) groups is 1. The van der Waals surface area contributed by atoms with E-state index in [9.17, 15) is 9.90 Å². The van der Waals surface area contributed by atoms with E-state index in [1.807, 2.05) is 49.5 Å². The summed E-state index contributed by atoms with van der Waals surface area (Å²) >= 11 is 0. The molecule has 0 aliphatic heterocycles. The van der Waals surface area contributed by atoms with Crippen LogP contribution in [0.1, 0.15) is 73.1 Å². The highest BCUT2D eigenvalue weighted by Gasteiger charge is 2.43. The van der Waals surface area contributed by atoms with E-state index in [0.717, 1.165) is 34.4 Å². The fraction of sp³-hybridized carbons (Fsp3) is 0.333. The second kappa shape index (κ2) is 10.4. The molecule has 0 atom stereocenters. The van der Waals surface area contributed by atoms with E-state index >= 15 is 0 Å². The van der Waals surface area contributed by atoms with Crippen LogP contribution in [0, 0.1) is 0 Å². The monoisotopic (exact) mass is 455 g/mol. The number of aromatic hydroxyl groups is 1. The van der Waals surface area contributed by atoms with Gasteiger partial charge >= 0.3 is 0 Å². The first-order valence-corrected chi connectivity index (χ1v) is 12.1. The standard InChI is InChI=1S/C30H33NO3/c1-3-30(13-14-30)28-12-10-23(29(34)16-21(2)6-5-15-32)17-25(28)18-26-11-9-24(20-31-26)22-7-4-8-27(33)19-22/h4,6-12,17,19-20,32-33H,3,5,13-16,18H2,1-2H3. The molecule has 1 fully saturated rings. The van der Waals surface area contributed by atoms with Crippen LogP contribution in [0.3, 0.4) is 0 Å². The van der Waals surface area contributed by atoms with Gasteiger partial charge in [-0.3, -0.25) is 9.78 Å². The molecular formula is C30H33NO3. The molecule has 176 valence electrons. The molecule has 0 saturated heterocycles. The summed E-state index contributed by atoms with van der Waals surface area (Å²) in [7, 11) is 0. The smallest absolute Gasteiger partial charge is 0.166 e. The number of benzene rings is 2. The third kappa shape index (κ3) is 5.45. The molecule has 1 aliphatic rings. The number of Topliss-reactive ketones (excluding diaryl/α,β-unsaturated/α-hetero) is 1. The van der Waals surface area contributed by atoms with Gasteiger partial charge in [0.1, 0.15) is 5.75 Å². The van der Waals surface area contributed by atoms with Crippen LogP contribution in [0.15, 0.2) is 72.4 Å². The molecule has 4 rings (SSSR count). The first kappa shape index (κ1) is 23.9. The normalized spacial score (nSPS) is 14.7. The molecule has 1 aromatic heterocycles. The van der Waals surface area contributed by atoms with Crippen molar-refractivity contribution in [2.45, 2.75) is 57.8 Å². The maximum absolute atomic E-state index is 13.0. The largest absolute Gasteiger partial charge is 0.508 e. The van der Waals surface area contributed by atoms with Crippen LogP contribution in [0.4, 0.5) is 0 Å². The summed E-state index contributed by atoms with van der Waals surface area (Å²) in [5, 5.41) is 18.8. The molecule has 3 aromatic rings. The number of aliphatic hydroxyl groups is 1. The van der Waals surface area contributed by atoms with Crippen molar-refractivity contribution in [2.24, 2.45) is 0 Å². The number of pyridine rings is 1. The van der Waals surface area contributed by atoms with Crippen LogP contribution in [0.25, 0.3) is 11.1 Å². The minimum atomic E-state index is 0.0979. The molecule has 0 amide bonds. The summed E-state index contributed by atoms with van der Waals surface area (Å²) in [4.78, 5) is 17.7. The Morgan fingerprint density at radius 3 is 2.56 bits per heavy atom. The van der Waals surface area contributed by atoms with E-state index in [2.05, 4.69) is 19.1 Å². The molecule has 1 aliphatic carbocycles. The minimum absolute atomic E-state index is 0.0979. The summed E-state index contributed by atoms with van der Waals surface area (Å²) < 4.78 is 0. The lowest BCUT2D eigenvalue weighted by Crippen LogP contribution is -2.11. The molecule has 0 bridgehead atoms. The summed E-state index contributed by atoms with van der Waals surface area (Å²) in [6, 6.07) is 17.5. The van der Waals surface area contributed by atoms with Gasteiger partial charge in [0.15, 0.2) is 5.78 Å². The quantitative estimate of drug-likeness (QED) is 0.275. The Balaban J connectivity index is 1.60. The van der Waals surface area contributed by atoms with Crippen LogP contribution in [-0.2, 0) is 11.8 Å². The molecule has 1 saturated carbocycles. The van der Waals surface area contributed by atoms with Crippen molar-refractivity contribution in [1.82, 2.24) is 4.98 Å². The average molecular weight is 456 g/mol. The molecule has 0 spiro atoms. The number of phenols is 1. The van der Waals surface area contributed by atoms with Crippen molar-refractivity contribution in [2.75, 3.05) is 6.61 Å². The Morgan fingerprint density at radius 2 is 1.91 bits per heavy atom. The molecular weight excluding hydrogens is 422 g/mol. The van der Waals surface area contributed by atoms with Crippen molar-refractivity contribution >= 4 is 5.78 Å². The highest BCUT2D eigenvalue weighted by atomic mass is 16.3. The molecule has 2 aromatic carbocycles.